The minimum atomic E-state index is 0.244. The minimum Gasteiger partial charge on any atom is -0.382 e. The molecule has 0 aromatic carbocycles. The second-order valence-electron chi connectivity index (χ2n) is 2.68. The van der Waals surface area contributed by atoms with Crippen LogP contribution in [0.3, 0.4) is 0 Å². The van der Waals surface area contributed by atoms with E-state index in [1.807, 2.05) is 0 Å². The molecule has 0 aromatic heterocycles. The molecule has 0 amide bonds. The van der Waals surface area contributed by atoms with Gasteiger partial charge in [0.2, 0.25) is 0 Å². The van der Waals surface area contributed by atoms with Crippen molar-refractivity contribution in [3.05, 3.63) is 0 Å². The minimum absolute atomic E-state index is 0.244. The van der Waals surface area contributed by atoms with Crippen molar-refractivity contribution in [3.8, 4) is 0 Å². The van der Waals surface area contributed by atoms with Crippen molar-refractivity contribution in [2.24, 2.45) is 0 Å². The van der Waals surface area contributed by atoms with Gasteiger partial charge in [0.15, 0.2) is 0 Å². The van der Waals surface area contributed by atoms with E-state index in [0.717, 1.165) is 13.1 Å². The Hall–Kier alpha value is -0.120. The van der Waals surface area contributed by atoms with Gasteiger partial charge in [-0.1, -0.05) is 0 Å². The zero-order valence-electron chi connectivity index (χ0n) is 6.59. The van der Waals surface area contributed by atoms with E-state index in [1.54, 1.807) is 7.11 Å². The lowest BCUT2D eigenvalue weighted by Gasteiger charge is -2.27. The van der Waals surface area contributed by atoms with Gasteiger partial charge in [0.25, 0.3) is 0 Å². The van der Waals surface area contributed by atoms with Gasteiger partial charge in [-0.15, -0.1) is 0 Å². The van der Waals surface area contributed by atoms with E-state index < -0.39 is 0 Å². The SMILES string of the molecule is COC[C@@H]1CNCC(C)O1. The largest absolute Gasteiger partial charge is 0.382 e. The molecule has 0 radical (unpaired) electrons. The molecule has 1 unspecified atom stereocenters. The van der Waals surface area contributed by atoms with Gasteiger partial charge in [-0.3, -0.25) is 0 Å². The highest BCUT2D eigenvalue weighted by molar-refractivity contribution is 4.70. The Morgan fingerprint density at radius 3 is 3.00 bits per heavy atom. The van der Waals surface area contributed by atoms with Gasteiger partial charge in [-0.25, -0.2) is 0 Å². The van der Waals surface area contributed by atoms with Crippen LogP contribution >= 0.6 is 0 Å². The highest BCUT2D eigenvalue weighted by Gasteiger charge is 2.17. The normalized spacial score (nSPS) is 34.2. The fourth-order valence-electron chi connectivity index (χ4n) is 1.16. The molecule has 60 valence electrons. The Balaban J connectivity index is 2.18. The van der Waals surface area contributed by atoms with Crippen LogP contribution in [0.5, 0.6) is 0 Å². The maximum absolute atomic E-state index is 5.54. The number of methoxy groups -OCH3 is 1. The molecule has 1 fully saturated rings. The standard InChI is InChI=1S/C7H15NO2/c1-6-3-8-4-7(10-6)5-9-2/h6-8H,3-5H2,1-2H3/t6?,7-/m0/s1. The Labute approximate surface area is 61.7 Å². The highest BCUT2D eigenvalue weighted by Crippen LogP contribution is 2.02. The summed E-state index contributed by atoms with van der Waals surface area (Å²) < 4.78 is 10.5. The van der Waals surface area contributed by atoms with Crippen molar-refractivity contribution in [1.82, 2.24) is 5.32 Å². The van der Waals surface area contributed by atoms with E-state index in [0.29, 0.717) is 12.7 Å². The van der Waals surface area contributed by atoms with Crippen LogP contribution in [-0.2, 0) is 9.47 Å². The smallest absolute Gasteiger partial charge is 0.0936 e. The van der Waals surface area contributed by atoms with Crippen LogP contribution in [0.15, 0.2) is 0 Å². The van der Waals surface area contributed by atoms with E-state index in [4.69, 9.17) is 9.47 Å². The lowest BCUT2D eigenvalue weighted by Crippen LogP contribution is -2.45. The summed E-state index contributed by atoms with van der Waals surface area (Å²) in [5.41, 5.74) is 0. The lowest BCUT2D eigenvalue weighted by molar-refractivity contribution is -0.0602. The van der Waals surface area contributed by atoms with E-state index in [1.165, 1.54) is 0 Å². The number of morpholine rings is 1. The molecule has 10 heavy (non-hydrogen) atoms. The molecule has 0 bridgehead atoms. The summed E-state index contributed by atoms with van der Waals surface area (Å²) in [7, 11) is 1.70. The fraction of sp³-hybridized carbons (Fsp3) is 1.00. The van der Waals surface area contributed by atoms with Crippen LogP contribution in [0, 0.1) is 0 Å². The van der Waals surface area contributed by atoms with Crippen molar-refractivity contribution in [1.29, 1.82) is 0 Å². The van der Waals surface area contributed by atoms with Crippen molar-refractivity contribution in [2.45, 2.75) is 19.1 Å². The summed E-state index contributed by atoms with van der Waals surface area (Å²) in [6.45, 7) is 4.63. The molecule has 1 aliphatic rings. The molecule has 1 aliphatic heterocycles. The van der Waals surface area contributed by atoms with Crippen molar-refractivity contribution in [3.63, 3.8) is 0 Å². The van der Waals surface area contributed by atoms with Gasteiger partial charge in [0.05, 0.1) is 18.8 Å². The predicted octanol–water partition coefficient (Wildman–Crippen LogP) is 0.00970. The topological polar surface area (TPSA) is 30.5 Å². The first-order chi connectivity index (χ1) is 4.83. The van der Waals surface area contributed by atoms with E-state index in [9.17, 15) is 0 Å². The van der Waals surface area contributed by atoms with Gasteiger partial charge in [-0.2, -0.15) is 0 Å². The molecular formula is C7H15NO2. The number of nitrogens with one attached hydrogen (secondary N) is 1. The summed E-state index contributed by atoms with van der Waals surface area (Å²) in [5.74, 6) is 0. The number of hydrogen-bond acceptors (Lipinski definition) is 3. The lowest BCUT2D eigenvalue weighted by atomic mass is 10.2. The van der Waals surface area contributed by atoms with Crippen LogP contribution in [-0.4, -0.2) is 39.0 Å². The monoisotopic (exact) mass is 145 g/mol. The summed E-state index contributed by atoms with van der Waals surface area (Å²) in [6.07, 6.45) is 0.572. The van der Waals surface area contributed by atoms with E-state index in [2.05, 4.69) is 12.2 Å². The summed E-state index contributed by atoms with van der Waals surface area (Å²) in [4.78, 5) is 0. The van der Waals surface area contributed by atoms with Crippen LogP contribution in [0.4, 0.5) is 0 Å². The van der Waals surface area contributed by atoms with Crippen molar-refractivity contribution in [2.75, 3.05) is 26.8 Å². The summed E-state index contributed by atoms with van der Waals surface area (Å²) in [5, 5.41) is 3.26. The van der Waals surface area contributed by atoms with Crippen LogP contribution < -0.4 is 5.32 Å². The molecule has 1 heterocycles. The molecule has 0 spiro atoms. The average Bonchev–Trinajstić information content (AvgIpc) is 1.88. The Bertz CT molecular complexity index is 95.6. The molecular weight excluding hydrogens is 130 g/mol. The molecule has 0 aliphatic carbocycles. The third kappa shape index (κ3) is 2.25. The Morgan fingerprint density at radius 1 is 1.60 bits per heavy atom. The predicted molar refractivity (Wildman–Crippen MR) is 39.1 cm³/mol. The number of ether oxygens (including phenoxy) is 2. The van der Waals surface area contributed by atoms with Crippen molar-refractivity contribution < 1.29 is 9.47 Å². The summed E-state index contributed by atoms with van der Waals surface area (Å²) in [6, 6.07) is 0. The van der Waals surface area contributed by atoms with Crippen LogP contribution in [0.25, 0.3) is 0 Å². The molecule has 0 aromatic rings. The first-order valence-corrected chi connectivity index (χ1v) is 3.68. The Kier molecular flexibility index (Phi) is 3.12. The quantitative estimate of drug-likeness (QED) is 0.593. The van der Waals surface area contributed by atoms with Crippen molar-refractivity contribution >= 4 is 0 Å². The molecule has 1 rings (SSSR count). The third-order valence-electron chi connectivity index (χ3n) is 1.58. The fourth-order valence-corrected chi connectivity index (χ4v) is 1.16. The zero-order chi connectivity index (χ0) is 7.40. The van der Waals surface area contributed by atoms with Crippen LogP contribution in [0.2, 0.25) is 0 Å². The van der Waals surface area contributed by atoms with Crippen LogP contribution in [0.1, 0.15) is 6.92 Å². The molecule has 1 N–H and O–H groups in total. The van der Waals surface area contributed by atoms with Gasteiger partial charge >= 0.3 is 0 Å². The molecule has 2 atom stereocenters. The first kappa shape index (κ1) is 7.98. The van der Waals surface area contributed by atoms with Gasteiger partial charge in [0.1, 0.15) is 0 Å². The van der Waals surface area contributed by atoms with Gasteiger partial charge in [-0.05, 0) is 6.92 Å². The van der Waals surface area contributed by atoms with E-state index in [-0.39, 0.29) is 6.10 Å². The molecule has 3 heteroatoms. The average molecular weight is 145 g/mol. The second-order valence-corrected chi connectivity index (χ2v) is 2.68. The first-order valence-electron chi connectivity index (χ1n) is 3.68. The van der Waals surface area contributed by atoms with E-state index >= 15 is 0 Å². The molecule has 0 saturated carbocycles. The second kappa shape index (κ2) is 3.91. The highest BCUT2D eigenvalue weighted by atomic mass is 16.5. The maximum Gasteiger partial charge on any atom is 0.0936 e. The molecule has 1 saturated heterocycles. The maximum atomic E-state index is 5.54. The zero-order valence-corrected chi connectivity index (χ0v) is 6.59. The third-order valence-corrected chi connectivity index (χ3v) is 1.58. The number of rotatable bonds is 2. The summed E-state index contributed by atoms with van der Waals surface area (Å²) >= 11 is 0. The molecule has 3 nitrogen and oxygen atoms in total. The van der Waals surface area contributed by atoms with Gasteiger partial charge in [0, 0.05) is 20.2 Å². The number of hydrogen-bond donors (Lipinski definition) is 1. The van der Waals surface area contributed by atoms with Gasteiger partial charge < -0.3 is 14.8 Å². The Morgan fingerprint density at radius 2 is 2.40 bits per heavy atom.